The zero-order chi connectivity index (χ0) is 16.6. The molecule has 0 aliphatic heterocycles. The second-order valence-electron chi connectivity index (χ2n) is 4.74. The molecular weight excluding hydrogens is 340 g/mol. The smallest absolute Gasteiger partial charge is 0.258 e. The van der Waals surface area contributed by atoms with Crippen molar-refractivity contribution in [1.82, 2.24) is 4.98 Å². The lowest BCUT2D eigenvalue weighted by Gasteiger charge is -2.06. The molecule has 0 aliphatic rings. The number of rotatable bonds is 3. The first-order chi connectivity index (χ1) is 10.9. The quantitative estimate of drug-likeness (QED) is 0.532. The maximum absolute atomic E-state index is 12.6. The summed E-state index contributed by atoms with van der Waals surface area (Å²) < 4.78 is 25.2. The van der Waals surface area contributed by atoms with Gasteiger partial charge in [-0.05, 0) is 24.3 Å². The van der Waals surface area contributed by atoms with Crippen LogP contribution in [0.15, 0.2) is 64.5 Å². The van der Waals surface area contributed by atoms with Crippen molar-refractivity contribution in [3.63, 3.8) is 0 Å². The van der Waals surface area contributed by atoms with Crippen LogP contribution in [-0.2, 0) is 9.84 Å². The average Bonchev–Trinajstić information content (AvgIpc) is 2.53. The highest BCUT2D eigenvalue weighted by Gasteiger charge is 2.21. The zero-order valence-corrected chi connectivity index (χ0v) is 13.1. The Balaban J connectivity index is 2.19. The molecule has 0 spiro atoms. The number of para-hydroxylation sites is 1. The summed E-state index contributed by atoms with van der Waals surface area (Å²) in [7, 11) is -3.80. The van der Waals surface area contributed by atoms with E-state index in [2.05, 4.69) is 4.98 Å². The molecule has 0 radical (unpaired) electrons. The molecule has 0 saturated carbocycles. The predicted octanol–water partition coefficient (Wildman–Crippen LogP) is 3.63. The van der Waals surface area contributed by atoms with E-state index in [1.165, 1.54) is 36.4 Å². The highest BCUT2D eigenvalue weighted by molar-refractivity contribution is 7.91. The third-order valence-corrected chi connectivity index (χ3v) is 5.23. The topological polar surface area (TPSA) is 90.2 Å². The van der Waals surface area contributed by atoms with Gasteiger partial charge in [0.25, 0.3) is 5.69 Å². The lowest BCUT2D eigenvalue weighted by Crippen LogP contribution is -2.03. The Kier molecular flexibility index (Phi) is 3.75. The maximum Gasteiger partial charge on any atom is 0.295 e. The van der Waals surface area contributed by atoms with Crippen molar-refractivity contribution in [2.75, 3.05) is 0 Å². The van der Waals surface area contributed by atoms with Crippen molar-refractivity contribution < 1.29 is 13.3 Å². The molecule has 6 nitrogen and oxygen atoms in total. The number of fused-ring (bicyclic) bond motifs is 1. The van der Waals surface area contributed by atoms with Crippen LogP contribution in [-0.4, -0.2) is 18.3 Å². The largest absolute Gasteiger partial charge is 0.295 e. The van der Waals surface area contributed by atoms with Gasteiger partial charge in [-0.1, -0.05) is 29.8 Å². The van der Waals surface area contributed by atoms with Gasteiger partial charge in [0, 0.05) is 22.7 Å². The van der Waals surface area contributed by atoms with E-state index in [1.807, 2.05) is 0 Å². The molecule has 0 aliphatic carbocycles. The van der Waals surface area contributed by atoms with Crippen LogP contribution < -0.4 is 0 Å². The fourth-order valence-corrected chi connectivity index (χ4v) is 3.73. The molecule has 3 rings (SSSR count). The molecule has 1 heterocycles. The summed E-state index contributed by atoms with van der Waals surface area (Å²) >= 11 is 5.83. The predicted molar refractivity (Wildman–Crippen MR) is 85.3 cm³/mol. The van der Waals surface area contributed by atoms with Crippen LogP contribution >= 0.6 is 11.6 Å². The summed E-state index contributed by atoms with van der Waals surface area (Å²) in [5.41, 5.74) is -0.0308. The first-order valence-electron chi connectivity index (χ1n) is 6.43. The van der Waals surface area contributed by atoms with Crippen molar-refractivity contribution >= 4 is 38.0 Å². The van der Waals surface area contributed by atoms with Gasteiger partial charge in [0.05, 0.1) is 14.7 Å². The summed E-state index contributed by atoms with van der Waals surface area (Å²) in [5, 5.41) is 11.7. The Morgan fingerprint density at radius 1 is 1.04 bits per heavy atom. The van der Waals surface area contributed by atoms with Crippen molar-refractivity contribution in [2.45, 2.75) is 9.79 Å². The van der Waals surface area contributed by atoms with Gasteiger partial charge >= 0.3 is 0 Å². The number of aromatic nitrogens is 1. The molecule has 3 aromatic rings. The standard InChI is InChI=1S/C15H9ClN2O4S/c16-11-4-2-5-12(8-11)23(21,22)13-7-10-3-1-6-14(18(19)20)15(10)17-9-13/h1-9H. The third-order valence-electron chi connectivity index (χ3n) is 3.28. The molecule has 2 aromatic carbocycles. The number of nitro benzene ring substituents is 1. The van der Waals surface area contributed by atoms with Crippen LogP contribution in [0.25, 0.3) is 10.9 Å². The minimum atomic E-state index is -3.80. The van der Waals surface area contributed by atoms with Crippen molar-refractivity contribution in [2.24, 2.45) is 0 Å². The molecule has 1 aromatic heterocycles. The molecule has 0 N–H and O–H groups in total. The van der Waals surface area contributed by atoms with Crippen molar-refractivity contribution in [1.29, 1.82) is 0 Å². The monoisotopic (exact) mass is 348 g/mol. The molecule has 0 bridgehead atoms. The van der Waals surface area contributed by atoms with Crippen molar-refractivity contribution in [3.05, 3.63) is 69.9 Å². The Hall–Kier alpha value is -2.51. The van der Waals surface area contributed by atoms with E-state index in [-0.39, 0.29) is 21.0 Å². The average molecular weight is 349 g/mol. The maximum atomic E-state index is 12.6. The van der Waals surface area contributed by atoms with Gasteiger partial charge in [-0.25, -0.2) is 13.4 Å². The van der Waals surface area contributed by atoms with Gasteiger partial charge in [-0.2, -0.15) is 0 Å². The number of hydrogen-bond acceptors (Lipinski definition) is 5. The van der Waals surface area contributed by atoms with E-state index in [0.29, 0.717) is 10.4 Å². The zero-order valence-electron chi connectivity index (χ0n) is 11.5. The molecule has 0 atom stereocenters. The molecule has 8 heteroatoms. The summed E-state index contributed by atoms with van der Waals surface area (Å²) in [6, 6.07) is 11.6. The highest BCUT2D eigenvalue weighted by Crippen LogP contribution is 2.28. The Morgan fingerprint density at radius 2 is 1.78 bits per heavy atom. The lowest BCUT2D eigenvalue weighted by molar-refractivity contribution is -0.383. The molecule has 0 saturated heterocycles. The minimum absolute atomic E-state index is 0.0385. The first-order valence-corrected chi connectivity index (χ1v) is 8.29. The normalized spacial score (nSPS) is 11.5. The Morgan fingerprint density at radius 3 is 2.48 bits per heavy atom. The van der Waals surface area contributed by atoms with E-state index >= 15 is 0 Å². The van der Waals surface area contributed by atoms with Crippen LogP contribution in [0.2, 0.25) is 5.02 Å². The van der Waals surface area contributed by atoms with Gasteiger partial charge in [-0.3, -0.25) is 10.1 Å². The summed E-state index contributed by atoms with van der Waals surface area (Å²) in [6.45, 7) is 0. The van der Waals surface area contributed by atoms with Crippen molar-refractivity contribution in [3.8, 4) is 0 Å². The van der Waals surface area contributed by atoms with Gasteiger partial charge in [-0.15, -0.1) is 0 Å². The molecule has 23 heavy (non-hydrogen) atoms. The van der Waals surface area contributed by atoms with Crippen LogP contribution in [0.4, 0.5) is 5.69 Å². The molecule has 0 amide bonds. The fraction of sp³-hybridized carbons (Fsp3) is 0. The third kappa shape index (κ3) is 2.76. The number of non-ortho nitro benzene ring substituents is 1. The SMILES string of the molecule is O=[N+]([O-])c1cccc2cc(S(=O)(=O)c3cccc(Cl)c3)cnc12. The number of nitro groups is 1. The van der Waals surface area contributed by atoms with Crippen LogP contribution in [0.3, 0.4) is 0 Å². The van der Waals surface area contributed by atoms with E-state index in [0.717, 1.165) is 6.20 Å². The second-order valence-corrected chi connectivity index (χ2v) is 7.12. The molecular formula is C15H9ClN2O4S. The van der Waals surface area contributed by atoms with E-state index in [9.17, 15) is 18.5 Å². The van der Waals surface area contributed by atoms with Gasteiger partial charge in [0.2, 0.25) is 9.84 Å². The fourth-order valence-electron chi connectivity index (χ4n) is 2.19. The summed E-state index contributed by atoms with van der Waals surface area (Å²) in [4.78, 5) is 14.4. The second kappa shape index (κ2) is 5.60. The Bertz CT molecular complexity index is 1030. The van der Waals surface area contributed by atoms with Crippen LogP contribution in [0.1, 0.15) is 0 Å². The van der Waals surface area contributed by atoms with Crippen LogP contribution in [0.5, 0.6) is 0 Å². The van der Waals surface area contributed by atoms with Gasteiger partial charge < -0.3 is 0 Å². The van der Waals surface area contributed by atoms with Crippen LogP contribution in [0, 0.1) is 10.1 Å². The number of pyridine rings is 1. The first kappa shape index (κ1) is 15.4. The number of nitrogens with zero attached hydrogens (tertiary/aromatic N) is 2. The highest BCUT2D eigenvalue weighted by atomic mass is 35.5. The van der Waals surface area contributed by atoms with E-state index in [1.54, 1.807) is 12.1 Å². The molecule has 0 fully saturated rings. The van der Waals surface area contributed by atoms with Gasteiger partial charge in [0.1, 0.15) is 5.52 Å². The number of hydrogen-bond donors (Lipinski definition) is 0. The number of sulfone groups is 1. The minimum Gasteiger partial charge on any atom is -0.258 e. The number of halogens is 1. The number of benzene rings is 2. The van der Waals surface area contributed by atoms with E-state index < -0.39 is 14.8 Å². The Labute approximate surface area is 136 Å². The van der Waals surface area contributed by atoms with E-state index in [4.69, 9.17) is 11.6 Å². The summed E-state index contributed by atoms with van der Waals surface area (Å²) in [5.74, 6) is 0. The lowest BCUT2D eigenvalue weighted by atomic mass is 10.2. The summed E-state index contributed by atoms with van der Waals surface area (Å²) in [6.07, 6.45) is 1.12. The van der Waals surface area contributed by atoms with Gasteiger partial charge in [0.15, 0.2) is 0 Å². The molecule has 0 unspecified atom stereocenters. The molecule has 116 valence electrons.